The average Bonchev–Trinajstić information content (AvgIpc) is 2.64. The topological polar surface area (TPSA) is 49.5 Å². The van der Waals surface area contributed by atoms with Crippen LogP contribution in [0.4, 0.5) is 0 Å². The molecule has 0 aromatic carbocycles. The van der Waals surface area contributed by atoms with E-state index in [1.807, 2.05) is 0 Å². The predicted molar refractivity (Wildman–Crippen MR) is 80.7 cm³/mol. The van der Waals surface area contributed by atoms with Gasteiger partial charge in [-0.05, 0) is 39.3 Å². The van der Waals surface area contributed by atoms with Gasteiger partial charge in [-0.25, -0.2) is 0 Å². The van der Waals surface area contributed by atoms with Gasteiger partial charge in [0.25, 0.3) is 0 Å². The van der Waals surface area contributed by atoms with Crippen LogP contribution in [0.3, 0.4) is 0 Å². The highest BCUT2D eigenvalue weighted by Crippen LogP contribution is 2.30. The Morgan fingerprint density at radius 1 is 1.39 bits per heavy atom. The molecule has 0 aromatic rings. The van der Waals surface area contributed by atoms with Crippen molar-refractivity contribution in [3.05, 3.63) is 0 Å². The smallest absolute Gasteiger partial charge is 0.0784 e. The SMILES string of the molecule is CN(CCCC(C)(C)C(N)=S)CC1(O)CCCC1. The summed E-state index contributed by atoms with van der Waals surface area (Å²) in [6, 6.07) is 0. The quantitative estimate of drug-likeness (QED) is 0.698. The molecular formula is C14H28N2OS. The number of rotatable bonds is 7. The second-order valence-electron chi connectivity index (χ2n) is 6.52. The third-order valence-corrected chi connectivity index (χ3v) is 4.66. The third kappa shape index (κ3) is 4.82. The van der Waals surface area contributed by atoms with Gasteiger partial charge in [0.2, 0.25) is 0 Å². The van der Waals surface area contributed by atoms with Crippen molar-refractivity contribution < 1.29 is 5.11 Å². The second-order valence-corrected chi connectivity index (χ2v) is 6.96. The number of likely N-dealkylation sites (N-methyl/N-ethyl adjacent to an activating group) is 1. The van der Waals surface area contributed by atoms with E-state index in [1.54, 1.807) is 0 Å². The fourth-order valence-electron chi connectivity index (χ4n) is 2.69. The van der Waals surface area contributed by atoms with Crippen molar-refractivity contribution in [3.8, 4) is 0 Å². The van der Waals surface area contributed by atoms with E-state index in [9.17, 15) is 5.11 Å². The molecule has 4 heteroatoms. The van der Waals surface area contributed by atoms with Crippen molar-refractivity contribution in [2.45, 2.75) is 58.0 Å². The Morgan fingerprint density at radius 3 is 2.44 bits per heavy atom. The first-order chi connectivity index (χ1) is 8.25. The molecule has 0 heterocycles. The van der Waals surface area contributed by atoms with Crippen molar-refractivity contribution in [1.29, 1.82) is 0 Å². The van der Waals surface area contributed by atoms with Crippen molar-refractivity contribution >= 4 is 17.2 Å². The normalized spacial score (nSPS) is 19.4. The second kappa shape index (κ2) is 6.31. The van der Waals surface area contributed by atoms with Gasteiger partial charge >= 0.3 is 0 Å². The summed E-state index contributed by atoms with van der Waals surface area (Å²) in [5.74, 6) is 0. The van der Waals surface area contributed by atoms with Crippen LogP contribution in [0.5, 0.6) is 0 Å². The highest BCUT2D eigenvalue weighted by atomic mass is 32.1. The van der Waals surface area contributed by atoms with E-state index < -0.39 is 5.60 Å². The van der Waals surface area contributed by atoms with Crippen molar-refractivity contribution in [2.75, 3.05) is 20.1 Å². The predicted octanol–water partition coefficient (Wildman–Crippen LogP) is 2.32. The van der Waals surface area contributed by atoms with Gasteiger partial charge in [0, 0.05) is 12.0 Å². The Labute approximate surface area is 117 Å². The van der Waals surface area contributed by atoms with E-state index >= 15 is 0 Å². The summed E-state index contributed by atoms with van der Waals surface area (Å²) in [6.07, 6.45) is 6.31. The Balaban J connectivity index is 2.25. The van der Waals surface area contributed by atoms with Crippen LogP contribution in [0.15, 0.2) is 0 Å². The first-order valence-electron chi connectivity index (χ1n) is 6.96. The fraction of sp³-hybridized carbons (Fsp3) is 0.929. The molecule has 0 saturated heterocycles. The van der Waals surface area contributed by atoms with Crippen molar-refractivity contribution in [1.82, 2.24) is 4.90 Å². The van der Waals surface area contributed by atoms with Gasteiger partial charge in [-0.2, -0.15) is 0 Å². The molecule has 18 heavy (non-hydrogen) atoms. The highest BCUT2D eigenvalue weighted by Gasteiger charge is 2.32. The van der Waals surface area contributed by atoms with E-state index in [4.69, 9.17) is 18.0 Å². The van der Waals surface area contributed by atoms with Crippen LogP contribution < -0.4 is 5.73 Å². The molecule has 1 aliphatic carbocycles. The lowest BCUT2D eigenvalue weighted by Gasteiger charge is -2.30. The zero-order chi connectivity index (χ0) is 13.8. The number of nitrogens with two attached hydrogens (primary N) is 1. The third-order valence-electron chi connectivity index (χ3n) is 4.11. The van der Waals surface area contributed by atoms with Gasteiger partial charge in [0.1, 0.15) is 0 Å². The van der Waals surface area contributed by atoms with Crippen LogP contribution in [0.1, 0.15) is 52.4 Å². The van der Waals surface area contributed by atoms with Crippen molar-refractivity contribution in [2.24, 2.45) is 11.1 Å². The van der Waals surface area contributed by atoms with Crippen LogP contribution in [0.2, 0.25) is 0 Å². The molecule has 0 atom stereocenters. The maximum absolute atomic E-state index is 10.3. The van der Waals surface area contributed by atoms with E-state index in [0.29, 0.717) is 4.99 Å². The number of aliphatic hydroxyl groups is 1. The number of hydrogen-bond donors (Lipinski definition) is 2. The molecule has 1 fully saturated rings. The molecule has 106 valence electrons. The standard InChI is InChI=1S/C14H28N2OS/c1-13(2,12(15)18)7-6-10-16(3)11-14(17)8-4-5-9-14/h17H,4-11H2,1-3H3,(H2,15,18). The zero-order valence-electron chi connectivity index (χ0n) is 12.0. The molecular weight excluding hydrogens is 244 g/mol. The fourth-order valence-corrected chi connectivity index (χ4v) is 2.79. The molecule has 1 rings (SSSR count). The van der Waals surface area contributed by atoms with E-state index in [0.717, 1.165) is 38.8 Å². The van der Waals surface area contributed by atoms with Gasteiger partial charge in [0.15, 0.2) is 0 Å². The summed E-state index contributed by atoms with van der Waals surface area (Å²) in [7, 11) is 2.09. The molecule has 0 bridgehead atoms. The summed E-state index contributed by atoms with van der Waals surface area (Å²) in [6.45, 7) is 5.98. The Kier molecular flexibility index (Phi) is 5.56. The molecule has 1 aliphatic rings. The molecule has 0 aromatic heterocycles. The molecule has 0 aliphatic heterocycles. The van der Waals surface area contributed by atoms with Crippen LogP contribution >= 0.6 is 12.2 Å². The first kappa shape index (κ1) is 15.9. The lowest BCUT2D eigenvalue weighted by atomic mass is 9.88. The van der Waals surface area contributed by atoms with Gasteiger partial charge in [0.05, 0.1) is 10.6 Å². The molecule has 3 N–H and O–H groups in total. The molecule has 0 spiro atoms. The number of hydrogen-bond acceptors (Lipinski definition) is 3. The summed E-state index contributed by atoms with van der Waals surface area (Å²) < 4.78 is 0. The van der Waals surface area contributed by atoms with E-state index in [-0.39, 0.29) is 5.41 Å². The van der Waals surface area contributed by atoms with Gasteiger partial charge < -0.3 is 15.7 Å². The monoisotopic (exact) mass is 272 g/mol. The molecule has 0 radical (unpaired) electrons. The van der Waals surface area contributed by atoms with Crippen molar-refractivity contribution in [3.63, 3.8) is 0 Å². The van der Waals surface area contributed by atoms with Gasteiger partial charge in [-0.15, -0.1) is 0 Å². The summed E-state index contributed by atoms with van der Waals surface area (Å²) in [5.41, 5.74) is 5.23. The lowest BCUT2D eigenvalue weighted by Crippen LogP contribution is -2.40. The number of nitrogens with zero attached hydrogens (tertiary/aromatic N) is 1. The summed E-state index contributed by atoms with van der Waals surface area (Å²) >= 11 is 5.07. The minimum atomic E-state index is -0.437. The lowest BCUT2D eigenvalue weighted by molar-refractivity contribution is 0.0158. The van der Waals surface area contributed by atoms with Gasteiger partial charge in [-0.3, -0.25) is 0 Å². The Morgan fingerprint density at radius 2 is 1.94 bits per heavy atom. The minimum absolute atomic E-state index is 0.0551. The van der Waals surface area contributed by atoms with Crippen LogP contribution in [-0.4, -0.2) is 40.7 Å². The maximum Gasteiger partial charge on any atom is 0.0784 e. The Bertz CT molecular complexity index is 286. The summed E-state index contributed by atoms with van der Waals surface area (Å²) in [5, 5.41) is 10.3. The summed E-state index contributed by atoms with van der Waals surface area (Å²) in [4.78, 5) is 2.83. The van der Waals surface area contributed by atoms with Gasteiger partial charge in [-0.1, -0.05) is 38.9 Å². The Hall–Kier alpha value is -0.190. The molecule has 0 unspecified atom stereocenters. The number of thiocarbonyl (C=S) groups is 1. The molecule has 1 saturated carbocycles. The van der Waals surface area contributed by atoms with E-state index in [1.165, 1.54) is 12.8 Å². The zero-order valence-corrected chi connectivity index (χ0v) is 12.9. The first-order valence-corrected chi connectivity index (χ1v) is 7.37. The van der Waals surface area contributed by atoms with E-state index in [2.05, 4.69) is 25.8 Å². The maximum atomic E-state index is 10.3. The van der Waals surface area contributed by atoms with Crippen LogP contribution in [-0.2, 0) is 0 Å². The average molecular weight is 272 g/mol. The molecule has 0 amide bonds. The van der Waals surface area contributed by atoms with Crippen LogP contribution in [0, 0.1) is 5.41 Å². The highest BCUT2D eigenvalue weighted by molar-refractivity contribution is 7.80. The van der Waals surface area contributed by atoms with Crippen LogP contribution in [0.25, 0.3) is 0 Å². The largest absolute Gasteiger partial charge is 0.393 e. The molecule has 3 nitrogen and oxygen atoms in total. The minimum Gasteiger partial charge on any atom is -0.393 e.